The van der Waals surface area contributed by atoms with Crippen LogP contribution in [0.3, 0.4) is 0 Å². The number of benzene rings is 1. The third-order valence-electron chi connectivity index (χ3n) is 3.70. The highest BCUT2D eigenvalue weighted by Crippen LogP contribution is 2.28. The number of pyridine rings is 2. The highest BCUT2D eigenvalue weighted by Gasteiger charge is 2.15. The number of hydrogen-bond acceptors (Lipinski definition) is 3. The van der Waals surface area contributed by atoms with Crippen LogP contribution >= 0.6 is 11.3 Å². The fraction of sp³-hybridized carbons (Fsp3) is 0. The molecule has 0 bridgehead atoms. The molecule has 4 rings (SSSR count). The number of thiophene rings is 1. The molecule has 5 heteroatoms. The Balaban J connectivity index is 1.82. The normalized spacial score (nSPS) is 10.7. The summed E-state index contributed by atoms with van der Waals surface area (Å²) in [7, 11) is 0. The molecule has 0 atom stereocenters. The van der Waals surface area contributed by atoms with Gasteiger partial charge in [0.2, 0.25) is 0 Å². The molecule has 0 unspecified atom stereocenters. The maximum absolute atomic E-state index is 12.8. The maximum Gasteiger partial charge on any atom is 0.256 e. The highest BCUT2D eigenvalue weighted by molar-refractivity contribution is 7.13. The molecule has 0 radical (unpaired) electrons. The lowest BCUT2D eigenvalue weighted by molar-refractivity contribution is -0.377. The van der Waals surface area contributed by atoms with Gasteiger partial charge in [0.05, 0.1) is 21.7 Å². The van der Waals surface area contributed by atoms with Crippen molar-refractivity contribution < 1.29 is 9.78 Å². The zero-order chi connectivity index (χ0) is 16.4. The number of hydrogen-bond donors (Lipinski definition) is 1. The Labute approximate surface area is 142 Å². The first-order chi connectivity index (χ1) is 11.8. The number of anilines is 1. The smallest absolute Gasteiger partial charge is 0.256 e. The monoisotopic (exact) mass is 332 g/mol. The number of aromatic amines is 1. The molecule has 4 aromatic rings. The van der Waals surface area contributed by atoms with Crippen LogP contribution in [-0.2, 0) is 0 Å². The third kappa shape index (κ3) is 2.77. The summed E-state index contributed by atoms with van der Waals surface area (Å²) >= 11 is 1.61. The van der Waals surface area contributed by atoms with Crippen molar-refractivity contribution in [2.75, 3.05) is 5.32 Å². The van der Waals surface area contributed by atoms with Crippen LogP contribution in [0.15, 0.2) is 72.4 Å². The lowest BCUT2D eigenvalue weighted by Gasteiger charge is -2.09. The van der Waals surface area contributed by atoms with Gasteiger partial charge in [0.1, 0.15) is 5.69 Å². The van der Waals surface area contributed by atoms with E-state index in [4.69, 9.17) is 4.98 Å². The van der Waals surface area contributed by atoms with Gasteiger partial charge in [-0.15, -0.1) is 11.3 Å². The van der Waals surface area contributed by atoms with E-state index in [0.29, 0.717) is 5.56 Å². The minimum Gasteiger partial charge on any atom is -0.317 e. The number of carbonyl (C=O) groups excluding carboxylic acids is 1. The SMILES string of the molecule is O=C(Nc1ccc[nH+]c1)c1cc(-c2cccs2)nc2ccccc12. The highest BCUT2D eigenvalue weighted by atomic mass is 32.1. The second-order valence-electron chi connectivity index (χ2n) is 5.30. The van der Waals surface area contributed by atoms with Gasteiger partial charge in [0, 0.05) is 11.5 Å². The number of amides is 1. The van der Waals surface area contributed by atoms with Crippen LogP contribution in [0, 0.1) is 0 Å². The molecule has 4 nitrogen and oxygen atoms in total. The van der Waals surface area contributed by atoms with Crippen LogP contribution in [0.1, 0.15) is 10.4 Å². The van der Waals surface area contributed by atoms with Crippen molar-refractivity contribution in [3.8, 4) is 10.6 Å². The molecule has 3 heterocycles. The number of carbonyl (C=O) groups is 1. The molecule has 0 aliphatic heterocycles. The van der Waals surface area contributed by atoms with Gasteiger partial charge in [-0.3, -0.25) is 4.79 Å². The van der Waals surface area contributed by atoms with E-state index < -0.39 is 0 Å². The fourth-order valence-electron chi connectivity index (χ4n) is 2.58. The Bertz CT molecular complexity index is 998. The molecular formula is C19H14N3OS+. The molecule has 3 aromatic heterocycles. The summed E-state index contributed by atoms with van der Waals surface area (Å²) in [5, 5.41) is 5.78. The summed E-state index contributed by atoms with van der Waals surface area (Å²) in [5.41, 5.74) is 2.97. The van der Waals surface area contributed by atoms with Crippen LogP contribution in [0.5, 0.6) is 0 Å². The molecule has 0 aliphatic carbocycles. The zero-order valence-electron chi connectivity index (χ0n) is 12.7. The predicted molar refractivity (Wildman–Crippen MR) is 96.0 cm³/mol. The molecule has 0 fully saturated rings. The largest absolute Gasteiger partial charge is 0.317 e. The quantitative estimate of drug-likeness (QED) is 0.616. The average Bonchev–Trinajstić information content (AvgIpc) is 3.16. The fourth-order valence-corrected chi connectivity index (χ4v) is 3.27. The van der Waals surface area contributed by atoms with Crippen molar-refractivity contribution in [3.63, 3.8) is 0 Å². The van der Waals surface area contributed by atoms with Crippen LogP contribution < -0.4 is 10.3 Å². The van der Waals surface area contributed by atoms with E-state index >= 15 is 0 Å². The van der Waals surface area contributed by atoms with Gasteiger partial charge < -0.3 is 5.32 Å². The van der Waals surface area contributed by atoms with Crippen LogP contribution in [0.4, 0.5) is 5.69 Å². The average molecular weight is 332 g/mol. The van der Waals surface area contributed by atoms with Gasteiger partial charge in [0.15, 0.2) is 12.4 Å². The number of nitrogens with zero attached hydrogens (tertiary/aromatic N) is 1. The molecule has 24 heavy (non-hydrogen) atoms. The lowest BCUT2D eigenvalue weighted by Crippen LogP contribution is -2.14. The van der Waals surface area contributed by atoms with E-state index in [0.717, 1.165) is 27.2 Å². The van der Waals surface area contributed by atoms with E-state index in [1.54, 1.807) is 23.7 Å². The van der Waals surface area contributed by atoms with E-state index in [2.05, 4.69) is 10.3 Å². The molecular weight excluding hydrogens is 318 g/mol. The summed E-state index contributed by atoms with van der Waals surface area (Å²) < 4.78 is 0. The molecule has 0 aliphatic rings. The number of fused-ring (bicyclic) bond motifs is 1. The summed E-state index contributed by atoms with van der Waals surface area (Å²) in [6.45, 7) is 0. The third-order valence-corrected chi connectivity index (χ3v) is 4.59. The van der Waals surface area contributed by atoms with Crippen LogP contribution in [-0.4, -0.2) is 10.9 Å². The minimum atomic E-state index is -0.147. The van der Waals surface area contributed by atoms with Crippen molar-refractivity contribution in [1.29, 1.82) is 0 Å². The topological polar surface area (TPSA) is 56.1 Å². The second-order valence-corrected chi connectivity index (χ2v) is 6.24. The summed E-state index contributed by atoms with van der Waals surface area (Å²) in [4.78, 5) is 21.5. The molecule has 116 valence electrons. The van der Waals surface area contributed by atoms with Crippen LogP contribution in [0.2, 0.25) is 0 Å². The Hall–Kier alpha value is -3.05. The first kappa shape index (κ1) is 14.5. The molecule has 0 saturated heterocycles. The maximum atomic E-state index is 12.8. The number of nitrogens with one attached hydrogen (secondary N) is 2. The van der Waals surface area contributed by atoms with Gasteiger partial charge in [-0.25, -0.2) is 9.97 Å². The Morgan fingerprint density at radius 1 is 1.08 bits per heavy atom. The van der Waals surface area contributed by atoms with E-state index in [9.17, 15) is 4.79 Å². The first-order valence-electron chi connectivity index (χ1n) is 7.52. The van der Waals surface area contributed by atoms with E-state index in [1.807, 2.05) is 60.0 Å². The van der Waals surface area contributed by atoms with Crippen molar-refractivity contribution in [1.82, 2.24) is 4.98 Å². The minimum absolute atomic E-state index is 0.147. The Kier molecular flexibility index (Phi) is 3.76. The van der Waals surface area contributed by atoms with E-state index in [1.165, 1.54) is 0 Å². The zero-order valence-corrected chi connectivity index (χ0v) is 13.5. The number of para-hydroxylation sites is 1. The van der Waals surface area contributed by atoms with Gasteiger partial charge in [-0.05, 0) is 29.6 Å². The number of rotatable bonds is 3. The summed E-state index contributed by atoms with van der Waals surface area (Å²) in [6, 6.07) is 17.2. The summed E-state index contributed by atoms with van der Waals surface area (Å²) in [6.07, 6.45) is 3.55. The van der Waals surface area contributed by atoms with Crippen molar-refractivity contribution in [3.05, 3.63) is 77.9 Å². The summed E-state index contributed by atoms with van der Waals surface area (Å²) in [5.74, 6) is -0.147. The lowest BCUT2D eigenvalue weighted by atomic mass is 10.1. The van der Waals surface area contributed by atoms with Crippen LogP contribution in [0.25, 0.3) is 21.5 Å². The standard InChI is InChI=1S/C19H13N3OS/c23-19(21-13-5-3-9-20-12-13)15-11-17(18-8-4-10-24-18)22-16-7-2-1-6-14(15)16/h1-12H,(H,21,23)/p+1. The van der Waals surface area contributed by atoms with Gasteiger partial charge in [-0.1, -0.05) is 24.3 Å². The molecule has 1 aromatic carbocycles. The first-order valence-corrected chi connectivity index (χ1v) is 8.40. The van der Waals surface area contributed by atoms with Crippen molar-refractivity contribution >= 4 is 33.8 Å². The predicted octanol–water partition coefficient (Wildman–Crippen LogP) is 4.03. The van der Waals surface area contributed by atoms with Crippen molar-refractivity contribution in [2.24, 2.45) is 0 Å². The van der Waals surface area contributed by atoms with Gasteiger partial charge in [0.25, 0.3) is 5.91 Å². The molecule has 1 amide bonds. The number of aromatic nitrogens is 2. The van der Waals surface area contributed by atoms with Gasteiger partial charge in [-0.2, -0.15) is 0 Å². The Morgan fingerprint density at radius 2 is 2.00 bits per heavy atom. The second kappa shape index (κ2) is 6.22. The van der Waals surface area contributed by atoms with E-state index in [-0.39, 0.29) is 5.91 Å². The van der Waals surface area contributed by atoms with Crippen molar-refractivity contribution in [2.45, 2.75) is 0 Å². The van der Waals surface area contributed by atoms with Gasteiger partial charge >= 0.3 is 0 Å². The number of H-pyrrole nitrogens is 1. The molecule has 0 spiro atoms. The molecule has 2 N–H and O–H groups in total. The molecule has 0 saturated carbocycles. The Morgan fingerprint density at radius 3 is 2.79 bits per heavy atom.